The second-order valence-electron chi connectivity index (χ2n) is 3.80. The number of epoxide rings is 1. The van der Waals surface area contributed by atoms with Crippen LogP contribution in [0.15, 0.2) is 12.7 Å². The summed E-state index contributed by atoms with van der Waals surface area (Å²) in [6, 6.07) is 0. The van der Waals surface area contributed by atoms with Gasteiger partial charge in [-0.15, -0.1) is 6.58 Å². The Balaban J connectivity index is 0. The predicted octanol–water partition coefficient (Wildman–Crippen LogP) is -1.32. The first kappa shape index (κ1) is 15.8. The summed E-state index contributed by atoms with van der Waals surface area (Å²) in [6.45, 7) is 10.8. The van der Waals surface area contributed by atoms with Gasteiger partial charge >= 0.3 is 0 Å². The summed E-state index contributed by atoms with van der Waals surface area (Å²) >= 11 is 0. The van der Waals surface area contributed by atoms with E-state index in [1.54, 1.807) is 6.08 Å². The van der Waals surface area contributed by atoms with Crippen molar-refractivity contribution >= 4 is 0 Å². The van der Waals surface area contributed by atoms with E-state index in [1.165, 1.54) is 13.1 Å². The van der Waals surface area contributed by atoms with Gasteiger partial charge in [0.15, 0.2) is 0 Å². The summed E-state index contributed by atoms with van der Waals surface area (Å²) in [4.78, 5) is 0. The number of likely N-dealkylation sites (N-methyl/N-ethyl adjacent to an activating group) is 1. The lowest BCUT2D eigenvalue weighted by atomic mass is 10.4. The number of quaternary nitrogens is 1. The Morgan fingerprint density at radius 3 is 2.15 bits per heavy atom. The van der Waals surface area contributed by atoms with Crippen molar-refractivity contribution in [3.8, 4) is 0 Å². The first-order valence-electron chi connectivity index (χ1n) is 4.56. The third-order valence-corrected chi connectivity index (χ3v) is 1.96. The van der Waals surface area contributed by atoms with Crippen LogP contribution in [0.25, 0.3) is 0 Å². The van der Waals surface area contributed by atoms with E-state index in [2.05, 4.69) is 27.6 Å². The lowest BCUT2D eigenvalue weighted by Gasteiger charge is -2.26. The second kappa shape index (κ2) is 7.76. The van der Waals surface area contributed by atoms with Crippen molar-refractivity contribution in [1.82, 2.24) is 0 Å². The van der Waals surface area contributed by atoms with Gasteiger partial charge < -0.3 is 33.2 Å². The Hall–Kier alpha value is 0.390. The van der Waals surface area contributed by atoms with Crippen LogP contribution in [0.3, 0.4) is 0 Å². The van der Waals surface area contributed by atoms with Crippen LogP contribution >= 0.6 is 0 Å². The average Bonchev–Trinajstić information content (AvgIpc) is 2.73. The van der Waals surface area contributed by atoms with Crippen LogP contribution in [0, 0.1) is 0 Å². The molecule has 1 unspecified atom stereocenters. The summed E-state index contributed by atoms with van der Waals surface area (Å²) in [5.41, 5.74) is 0. The maximum Gasteiger partial charge on any atom is 0.130 e. The van der Waals surface area contributed by atoms with Crippen LogP contribution in [0.4, 0.5) is 0 Å². The summed E-state index contributed by atoms with van der Waals surface area (Å²) in [6.07, 6.45) is 2.32. The molecule has 0 N–H and O–H groups in total. The molecule has 80 valence electrons. The lowest BCUT2D eigenvalue weighted by molar-refractivity contribution is -0.888. The zero-order chi connectivity index (χ0) is 9.61. The van der Waals surface area contributed by atoms with Gasteiger partial charge in [-0.3, -0.25) is 0 Å². The number of allylic oxidation sites excluding steroid dienone is 1. The molecule has 0 aromatic rings. The molecule has 1 atom stereocenters. The predicted molar refractivity (Wildman–Crippen MR) is 53.1 cm³/mol. The molecule has 0 saturated carbocycles. The lowest BCUT2D eigenvalue weighted by Crippen LogP contribution is -3.00. The van der Waals surface area contributed by atoms with Crippen molar-refractivity contribution in [2.45, 2.75) is 20.0 Å². The van der Waals surface area contributed by atoms with Gasteiger partial charge in [0.1, 0.15) is 12.6 Å². The molecule has 13 heavy (non-hydrogen) atoms. The number of rotatable bonds is 3. The molecule has 1 rings (SSSR count). The fourth-order valence-corrected chi connectivity index (χ4v) is 0.854. The fourth-order valence-electron chi connectivity index (χ4n) is 0.854. The normalized spacial score (nSPS) is 19.2. The number of halogens is 1. The van der Waals surface area contributed by atoms with Crippen molar-refractivity contribution < 1.29 is 33.2 Å². The van der Waals surface area contributed by atoms with Crippen LogP contribution in [-0.2, 0) is 4.74 Å². The van der Waals surface area contributed by atoms with Gasteiger partial charge in [0.2, 0.25) is 0 Å². The number of hydrogen-bond donors (Lipinski definition) is 0. The molecule has 0 bridgehead atoms. The zero-order valence-electron chi connectivity index (χ0n) is 9.22. The summed E-state index contributed by atoms with van der Waals surface area (Å²) < 4.78 is 6.22. The molecule has 1 aliphatic rings. The Labute approximate surface area is 99.6 Å². The number of hydrogen-bond acceptors (Lipinski definition) is 1. The van der Waals surface area contributed by atoms with Crippen LogP contribution in [0.1, 0.15) is 13.8 Å². The van der Waals surface area contributed by atoms with Crippen molar-refractivity contribution in [2.75, 3.05) is 33.8 Å². The highest BCUT2D eigenvalue weighted by Crippen LogP contribution is 2.12. The molecule has 3 heteroatoms. The maximum absolute atomic E-state index is 5.13. The highest BCUT2D eigenvalue weighted by atomic mass is 127. The van der Waals surface area contributed by atoms with E-state index < -0.39 is 0 Å². The van der Waals surface area contributed by atoms with E-state index in [9.17, 15) is 0 Å². The standard InChI is InChI=1S/C7H16NO.C3H6.HI/c1-4-8(2,3)5-7-6-9-7;1-3-2;/h7H,4-6H2,1-3H3;3H,1H2,2H3;1H/q+1;;/p-1. The quantitative estimate of drug-likeness (QED) is 0.272. The van der Waals surface area contributed by atoms with E-state index in [1.807, 2.05) is 6.92 Å². The highest BCUT2D eigenvalue weighted by Gasteiger charge is 2.30. The Kier molecular flexibility index (Phi) is 9.46. The molecule has 0 aliphatic carbocycles. The number of nitrogens with zero attached hydrogens (tertiary/aromatic N) is 1. The Morgan fingerprint density at radius 1 is 1.54 bits per heavy atom. The third kappa shape index (κ3) is 10.3. The molecule has 0 aromatic heterocycles. The first-order valence-corrected chi connectivity index (χ1v) is 4.56. The summed E-state index contributed by atoms with van der Waals surface area (Å²) in [5, 5.41) is 0. The monoisotopic (exact) mass is 299 g/mol. The van der Waals surface area contributed by atoms with Gasteiger partial charge in [-0.2, -0.15) is 0 Å². The van der Waals surface area contributed by atoms with Gasteiger partial charge in [0, 0.05) is 0 Å². The summed E-state index contributed by atoms with van der Waals surface area (Å²) in [7, 11) is 4.48. The molecular weight excluding hydrogens is 277 g/mol. The smallest absolute Gasteiger partial charge is 0.130 e. The molecule has 2 nitrogen and oxygen atoms in total. The molecule has 1 saturated heterocycles. The zero-order valence-corrected chi connectivity index (χ0v) is 11.4. The minimum absolute atomic E-state index is 0. The van der Waals surface area contributed by atoms with Crippen molar-refractivity contribution in [3.63, 3.8) is 0 Å². The van der Waals surface area contributed by atoms with Gasteiger partial charge in [-0.05, 0) is 13.8 Å². The first-order chi connectivity index (χ1) is 5.55. The topological polar surface area (TPSA) is 12.5 Å². The molecule has 0 spiro atoms. The Morgan fingerprint density at radius 2 is 1.92 bits per heavy atom. The SMILES string of the molecule is C=CC.CC[N+](C)(C)CC1CO1.[I-]. The minimum Gasteiger partial charge on any atom is -1.00 e. The molecule has 1 aliphatic heterocycles. The molecule has 0 radical (unpaired) electrons. The van der Waals surface area contributed by atoms with E-state index in [-0.39, 0.29) is 24.0 Å². The molecular formula is C10H22INO. The maximum atomic E-state index is 5.13. The highest BCUT2D eigenvalue weighted by molar-refractivity contribution is 4.67. The van der Waals surface area contributed by atoms with E-state index in [4.69, 9.17) is 4.74 Å². The number of ether oxygens (including phenoxy) is 1. The largest absolute Gasteiger partial charge is 1.00 e. The van der Waals surface area contributed by atoms with Crippen LogP contribution in [-0.4, -0.2) is 44.4 Å². The van der Waals surface area contributed by atoms with E-state index in [0.717, 1.165) is 11.1 Å². The fraction of sp³-hybridized carbons (Fsp3) is 0.800. The molecule has 0 amide bonds. The van der Waals surface area contributed by atoms with Gasteiger partial charge in [0.25, 0.3) is 0 Å². The average molecular weight is 299 g/mol. The molecule has 1 fully saturated rings. The van der Waals surface area contributed by atoms with Crippen LogP contribution < -0.4 is 24.0 Å². The van der Waals surface area contributed by atoms with Crippen LogP contribution in [0.2, 0.25) is 0 Å². The van der Waals surface area contributed by atoms with Crippen molar-refractivity contribution in [3.05, 3.63) is 12.7 Å². The summed E-state index contributed by atoms with van der Waals surface area (Å²) in [5.74, 6) is 0. The van der Waals surface area contributed by atoms with Gasteiger partial charge in [-0.1, -0.05) is 6.08 Å². The third-order valence-electron chi connectivity index (χ3n) is 1.96. The van der Waals surface area contributed by atoms with E-state index >= 15 is 0 Å². The minimum atomic E-state index is 0. The van der Waals surface area contributed by atoms with Gasteiger partial charge in [-0.25, -0.2) is 0 Å². The van der Waals surface area contributed by atoms with E-state index in [0.29, 0.717) is 6.10 Å². The second-order valence-corrected chi connectivity index (χ2v) is 3.80. The Bertz CT molecular complexity index is 133. The molecule has 0 aromatic carbocycles. The van der Waals surface area contributed by atoms with Crippen LogP contribution in [0.5, 0.6) is 0 Å². The van der Waals surface area contributed by atoms with Crippen molar-refractivity contribution in [1.29, 1.82) is 0 Å². The molecule has 1 heterocycles. The van der Waals surface area contributed by atoms with Gasteiger partial charge in [0.05, 0.1) is 27.2 Å². The van der Waals surface area contributed by atoms with Crippen molar-refractivity contribution in [2.24, 2.45) is 0 Å².